The summed E-state index contributed by atoms with van der Waals surface area (Å²) in [6, 6.07) is 2.00. The molecule has 5 heteroatoms. The van der Waals surface area contributed by atoms with Gasteiger partial charge in [-0.1, -0.05) is 6.92 Å². The molecule has 0 bridgehead atoms. The molecule has 0 fully saturated rings. The highest BCUT2D eigenvalue weighted by Gasteiger charge is 2.05. The van der Waals surface area contributed by atoms with E-state index in [0.29, 0.717) is 0 Å². The second-order valence-electron chi connectivity index (χ2n) is 4.22. The van der Waals surface area contributed by atoms with E-state index in [1.165, 1.54) is 11.3 Å². The first-order valence-electron chi connectivity index (χ1n) is 5.95. The van der Waals surface area contributed by atoms with Crippen molar-refractivity contribution in [3.8, 4) is 0 Å². The van der Waals surface area contributed by atoms with E-state index in [9.17, 15) is 0 Å². The average Bonchev–Trinajstić information content (AvgIpc) is 2.86. The molecule has 17 heavy (non-hydrogen) atoms. The maximum atomic E-state index is 4.43. The molecule has 0 saturated heterocycles. The number of anilines is 1. The number of nitrogens with zero attached hydrogens (tertiary/aromatic N) is 4. The van der Waals surface area contributed by atoms with Crippen LogP contribution in [-0.2, 0) is 20.1 Å². The quantitative estimate of drug-likeness (QED) is 0.858. The van der Waals surface area contributed by atoms with E-state index in [0.717, 1.165) is 25.3 Å². The lowest BCUT2D eigenvalue weighted by Gasteiger charge is -2.05. The fourth-order valence-corrected chi connectivity index (χ4v) is 1.81. The summed E-state index contributed by atoms with van der Waals surface area (Å²) in [5.74, 6) is 0.916. The van der Waals surface area contributed by atoms with Crippen molar-refractivity contribution in [1.82, 2.24) is 19.6 Å². The number of aryl methyl sites for hydroxylation is 3. The molecular weight excluding hydrogens is 214 g/mol. The summed E-state index contributed by atoms with van der Waals surface area (Å²) in [4.78, 5) is 0. The molecule has 5 nitrogen and oxygen atoms in total. The Morgan fingerprint density at radius 3 is 2.88 bits per heavy atom. The van der Waals surface area contributed by atoms with Crippen LogP contribution < -0.4 is 5.32 Å². The minimum atomic E-state index is 0.755. The summed E-state index contributed by atoms with van der Waals surface area (Å²) in [6.07, 6.45) is 4.98. The van der Waals surface area contributed by atoms with E-state index in [2.05, 4.69) is 29.4 Å². The van der Waals surface area contributed by atoms with Gasteiger partial charge in [0.15, 0.2) is 0 Å². The molecule has 2 aromatic heterocycles. The van der Waals surface area contributed by atoms with Crippen molar-refractivity contribution in [3.05, 3.63) is 29.7 Å². The number of rotatable bonds is 5. The number of hydrogen-bond donors (Lipinski definition) is 1. The first-order chi connectivity index (χ1) is 8.20. The van der Waals surface area contributed by atoms with E-state index < -0.39 is 0 Å². The van der Waals surface area contributed by atoms with Gasteiger partial charge in [-0.15, -0.1) is 0 Å². The van der Waals surface area contributed by atoms with Gasteiger partial charge < -0.3 is 5.32 Å². The molecule has 92 valence electrons. The molecule has 0 aliphatic rings. The van der Waals surface area contributed by atoms with Gasteiger partial charge in [0.25, 0.3) is 0 Å². The van der Waals surface area contributed by atoms with Crippen molar-refractivity contribution in [1.29, 1.82) is 0 Å². The molecule has 0 aliphatic heterocycles. The van der Waals surface area contributed by atoms with Crippen molar-refractivity contribution in [2.24, 2.45) is 7.05 Å². The lowest BCUT2D eigenvalue weighted by Crippen LogP contribution is -2.07. The third kappa shape index (κ3) is 2.67. The van der Waals surface area contributed by atoms with Gasteiger partial charge in [0.05, 0.1) is 18.4 Å². The molecular formula is C12H19N5. The van der Waals surface area contributed by atoms with E-state index in [1.54, 1.807) is 0 Å². The van der Waals surface area contributed by atoms with Gasteiger partial charge in [0.1, 0.15) is 5.82 Å². The monoisotopic (exact) mass is 233 g/mol. The highest BCUT2D eigenvalue weighted by molar-refractivity contribution is 5.33. The van der Waals surface area contributed by atoms with Crippen molar-refractivity contribution in [2.45, 2.75) is 33.4 Å². The Bertz CT molecular complexity index is 463. The number of nitrogens with one attached hydrogen (secondary N) is 1. The van der Waals surface area contributed by atoms with Crippen molar-refractivity contribution >= 4 is 5.82 Å². The Morgan fingerprint density at radius 1 is 1.41 bits per heavy atom. The summed E-state index contributed by atoms with van der Waals surface area (Å²) in [7, 11) is 1.96. The van der Waals surface area contributed by atoms with Crippen LogP contribution in [-0.4, -0.2) is 19.6 Å². The van der Waals surface area contributed by atoms with Crippen LogP contribution in [0.1, 0.15) is 24.6 Å². The summed E-state index contributed by atoms with van der Waals surface area (Å²) >= 11 is 0. The van der Waals surface area contributed by atoms with Crippen LogP contribution in [0.3, 0.4) is 0 Å². The highest BCUT2D eigenvalue weighted by Crippen LogP contribution is 2.09. The zero-order valence-electron chi connectivity index (χ0n) is 10.6. The molecule has 2 rings (SSSR count). The fraction of sp³-hybridized carbons (Fsp3) is 0.500. The summed E-state index contributed by atoms with van der Waals surface area (Å²) in [6.45, 7) is 5.94. The first-order valence-corrected chi connectivity index (χ1v) is 5.95. The Balaban J connectivity index is 1.97. The van der Waals surface area contributed by atoms with E-state index in [-0.39, 0.29) is 0 Å². The van der Waals surface area contributed by atoms with Gasteiger partial charge in [-0.05, 0) is 18.9 Å². The first kappa shape index (κ1) is 11.7. The predicted molar refractivity (Wildman–Crippen MR) is 67.8 cm³/mol. The maximum absolute atomic E-state index is 4.43. The predicted octanol–water partition coefficient (Wildman–Crippen LogP) is 1.95. The largest absolute Gasteiger partial charge is 0.363 e. The molecule has 2 aromatic rings. The molecule has 0 spiro atoms. The molecule has 2 heterocycles. The lowest BCUT2D eigenvalue weighted by atomic mass is 10.3. The Labute approximate surface area is 101 Å². The average molecular weight is 233 g/mol. The van der Waals surface area contributed by atoms with Crippen molar-refractivity contribution in [2.75, 3.05) is 5.32 Å². The highest BCUT2D eigenvalue weighted by atomic mass is 15.3. The zero-order valence-corrected chi connectivity index (χ0v) is 10.6. The fourth-order valence-electron chi connectivity index (χ4n) is 1.81. The third-order valence-electron chi connectivity index (χ3n) is 2.80. The zero-order chi connectivity index (χ0) is 12.3. The molecule has 0 radical (unpaired) electrons. The summed E-state index contributed by atoms with van der Waals surface area (Å²) in [5, 5.41) is 12.0. The second kappa shape index (κ2) is 5.03. The Morgan fingerprint density at radius 2 is 2.24 bits per heavy atom. The molecule has 0 aromatic carbocycles. The second-order valence-corrected chi connectivity index (χ2v) is 4.22. The van der Waals surface area contributed by atoms with Gasteiger partial charge in [-0.25, -0.2) is 0 Å². The molecule has 0 saturated carbocycles. The lowest BCUT2D eigenvalue weighted by molar-refractivity contribution is 0.603. The van der Waals surface area contributed by atoms with Crippen molar-refractivity contribution in [3.63, 3.8) is 0 Å². The summed E-state index contributed by atoms with van der Waals surface area (Å²) < 4.78 is 3.85. The SMILES string of the molecule is CCCn1ccc(NCc2c(C)cnn2C)n1. The van der Waals surface area contributed by atoms with Crippen LogP contribution in [0.2, 0.25) is 0 Å². The Kier molecular flexibility index (Phi) is 3.46. The van der Waals surface area contributed by atoms with E-state index in [4.69, 9.17) is 0 Å². The minimum absolute atomic E-state index is 0.755. The number of aromatic nitrogens is 4. The van der Waals surface area contributed by atoms with Gasteiger partial charge in [0.2, 0.25) is 0 Å². The van der Waals surface area contributed by atoms with Crippen molar-refractivity contribution < 1.29 is 0 Å². The van der Waals surface area contributed by atoms with Crippen LogP contribution in [0.4, 0.5) is 5.82 Å². The normalized spacial score (nSPS) is 10.8. The van der Waals surface area contributed by atoms with E-state index in [1.807, 2.05) is 34.9 Å². The third-order valence-corrected chi connectivity index (χ3v) is 2.80. The Hall–Kier alpha value is -1.78. The molecule has 0 aliphatic carbocycles. The van der Waals surface area contributed by atoms with Crippen LogP contribution >= 0.6 is 0 Å². The van der Waals surface area contributed by atoms with Gasteiger partial charge >= 0.3 is 0 Å². The van der Waals surface area contributed by atoms with Crippen LogP contribution in [0.5, 0.6) is 0 Å². The van der Waals surface area contributed by atoms with Crippen LogP contribution in [0, 0.1) is 6.92 Å². The molecule has 0 atom stereocenters. The number of hydrogen-bond acceptors (Lipinski definition) is 3. The molecule has 0 unspecified atom stereocenters. The minimum Gasteiger partial charge on any atom is -0.363 e. The van der Waals surface area contributed by atoms with Crippen LogP contribution in [0.25, 0.3) is 0 Å². The summed E-state index contributed by atoms with van der Waals surface area (Å²) in [5.41, 5.74) is 2.39. The van der Waals surface area contributed by atoms with E-state index >= 15 is 0 Å². The topological polar surface area (TPSA) is 47.7 Å². The van der Waals surface area contributed by atoms with Gasteiger partial charge in [0, 0.05) is 25.9 Å². The van der Waals surface area contributed by atoms with Crippen LogP contribution in [0.15, 0.2) is 18.5 Å². The molecule has 0 amide bonds. The maximum Gasteiger partial charge on any atom is 0.148 e. The standard InChI is InChI=1S/C12H19N5/c1-4-6-17-7-5-12(15-17)13-9-11-10(2)8-14-16(11)3/h5,7-8H,4,6,9H2,1-3H3,(H,13,15). The van der Waals surface area contributed by atoms with Gasteiger partial charge in [-0.2, -0.15) is 10.2 Å². The van der Waals surface area contributed by atoms with Gasteiger partial charge in [-0.3, -0.25) is 9.36 Å². The smallest absolute Gasteiger partial charge is 0.148 e. The molecule has 1 N–H and O–H groups in total.